The van der Waals surface area contributed by atoms with E-state index in [2.05, 4.69) is 5.32 Å². The van der Waals surface area contributed by atoms with Gasteiger partial charge in [0.25, 0.3) is 5.91 Å². The fourth-order valence-electron chi connectivity index (χ4n) is 2.58. The van der Waals surface area contributed by atoms with Crippen LogP contribution in [0.2, 0.25) is 0 Å². The standard InChI is InChI=1S/C15H21N3O2/c1-11(19)17-13-7-5-12(6-8-13)15(20)18-9-3-2-4-14(18)10-16/h5-8,14H,2-4,9-10,16H2,1H3,(H,17,19). The Kier molecular flexibility index (Phi) is 4.74. The summed E-state index contributed by atoms with van der Waals surface area (Å²) in [4.78, 5) is 25.3. The van der Waals surface area contributed by atoms with Crippen molar-refractivity contribution < 1.29 is 9.59 Å². The first-order chi connectivity index (χ1) is 9.61. The van der Waals surface area contributed by atoms with E-state index in [-0.39, 0.29) is 17.9 Å². The summed E-state index contributed by atoms with van der Waals surface area (Å²) in [6.07, 6.45) is 3.14. The number of carbonyl (C=O) groups is 2. The second-order valence-corrected chi connectivity index (χ2v) is 5.14. The van der Waals surface area contributed by atoms with Crippen LogP contribution in [0.15, 0.2) is 24.3 Å². The number of amides is 2. The third kappa shape index (κ3) is 3.36. The van der Waals surface area contributed by atoms with Gasteiger partial charge in [0.2, 0.25) is 5.91 Å². The van der Waals surface area contributed by atoms with Gasteiger partial charge in [0.05, 0.1) is 0 Å². The normalized spacial score (nSPS) is 18.7. The highest BCUT2D eigenvalue weighted by Gasteiger charge is 2.26. The lowest BCUT2D eigenvalue weighted by atomic mass is 10.0. The van der Waals surface area contributed by atoms with Crippen molar-refractivity contribution >= 4 is 17.5 Å². The number of nitrogens with two attached hydrogens (primary N) is 1. The van der Waals surface area contributed by atoms with Crippen molar-refractivity contribution in [3.05, 3.63) is 29.8 Å². The highest BCUT2D eigenvalue weighted by atomic mass is 16.2. The topological polar surface area (TPSA) is 75.4 Å². The van der Waals surface area contributed by atoms with E-state index in [9.17, 15) is 9.59 Å². The minimum Gasteiger partial charge on any atom is -0.334 e. The van der Waals surface area contributed by atoms with E-state index in [4.69, 9.17) is 5.73 Å². The maximum absolute atomic E-state index is 12.5. The first kappa shape index (κ1) is 14.5. The van der Waals surface area contributed by atoms with Crippen molar-refractivity contribution in [3.8, 4) is 0 Å². The zero-order valence-electron chi connectivity index (χ0n) is 11.8. The molecular weight excluding hydrogens is 254 g/mol. The predicted octanol–water partition coefficient (Wildman–Crippen LogP) is 1.60. The Morgan fingerprint density at radius 2 is 2.00 bits per heavy atom. The zero-order valence-corrected chi connectivity index (χ0v) is 11.8. The van der Waals surface area contributed by atoms with Gasteiger partial charge in [-0.3, -0.25) is 9.59 Å². The molecule has 5 nitrogen and oxygen atoms in total. The third-order valence-corrected chi connectivity index (χ3v) is 3.61. The third-order valence-electron chi connectivity index (χ3n) is 3.61. The summed E-state index contributed by atoms with van der Waals surface area (Å²) in [5, 5.41) is 2.69. The summed E-state index contributed by atoms with van der Waals surface area (Å²) in [7, 11) is 0. The van der Waals surface area contributed by atoms with Crippen molar-refractivity contribution in [1.29, 1.82) is 0 Å². The molecule has 1 fully saturated rings. The van der Waals surface area contributed by atoms with E-state index >= 15 is 0 Å². The number of hydrogen-bond donors (Lipinski definition) is 2. The Morgan fingerprint density at radius 3 is 2.60 bits per heavy atom. The summed E-state index contributed by atoms with van der Waals surface area (Å²) in [6.45, 7) is 2.74. The van der Waals surface area contributed by atoms with Crippen LogP contribution in [0.25, 0.3) is 0 Å². The molecule has 20 heavy (non-hydrogen) atoms. The molecule has 0 saturated carbocycles. The summed E-state index contributed by atoms with van der Waals surface area (Å²) >= 11 is 0. The predicted molar refractivity (Wildman–Crippen MR) is 78.5 cm³/mol. The van der Waals surface area contributed by atoms with Crippen LogP contribution in [-0.4, -0.2) is 35.8 Å². The van der Waals surface area contributed by atoms with Gasteiger partial charge < -0.3 is 16.0 Å². The first-order valence-electron chi connectivity index (χ1n) is 7.00. The van der Waals surface area contributed by atoms with Gasteiger partial charge in [-0.05, 0) is 43.5 Å². The van der Waals surface area contributed by atoms with Crippen LogP contribution in [0.5, 0.6) is 0 Å². The zero-order chi connectivity index (χ0) is 14.5. The Morgan fingerprint density at radius 1 is 1.30 bits per heavy atom. The van der Waals surface area contributed by atoms with Gasteiger partial charge in [-0.25, -0.2) is 0 Å². The van der Waals surface area contributed by atoms with Crippen molar-refractivity contribution in [2.45, 2.75) is 32.2 Å². The van der Waals surface area contributed by atoms with E-state index in [1.54, 1.807) is 24.3 Å². The Labute approximate surface area is 119 Å². The molecule has 0 spiro atoms. The largest absolute Gasteiger partial charge is 0.334 e. The van der Waals surface area contributed by atoms with Gasteiger partial charge in [0.15, 0.2) is 0 Å². The molecule has 5 heteroatoms. The van der Waals surface area contributed by atoms with Crippen LogP contribution < -0.4 is 11.1 Å². The summed E-state index contributed by atoms with van der Waals surface area (Å²) in [5.41, 5.74) is 7.08. The Balaban J connectivity index is 2.09. The summed E-state index contributed by atoms with van der Waals surface area (Å²) in [6, 6.07) is 7.13. The Bertz CT molecular complexity index is 484. The lowest BCUT2D eigenvalue weighted by Gasteiger charge is -2.35. The number of nitrogens with zero attached hydrogens (tertiary/aromatic N) is 1. The molecule has 0 aliphatic carbocycles. The number of nitrogens with one attached hydrogen (secondary N) is 1. The van der Waals surface area contributed by atoms with Crippen LogP contribution in [0.3, 0.4) is 0 Å². The SMILES string of the molecule is CC(=O)Nc1ccc(C(=O)N2CCCCC2CN)cc1. The molecule has 1 saturated heterocycles. The lowest BCUT2D eigenvalue weighted by Crippen LogP contribution is -2.47. The van der Waals surface area contributed by atoms with E-state index in [0.717, 1.165) is 25.8 Å². The van der Waals surface area contributed by atoms with Gasteiger partial charge in [-0.2, -0.15) is 0 Å². The molecule has 2 amide bonds. The van der Waals surface area contributed by atoms with Crippen molar-refractivity contribution in [1.82, 2.24) is 4.90 Å². The molecule has 108 valence electrons. The minimum absolute atomic E-state index is 0.0227. The van der Waals surface area contributed by atoms with E-state index in [1.165, 1.54) is 6.92 Å². The fourth-order valence-corrected chi connectivity index (χ4v) is 2.58. The van der Waals surface area contributed by atoms with Gasteiger partial charge in [0, 0.05) is 37.3 Å². The molecule has 1 heterocycles. The van der Waals surface area contributed by atoms with Gasteiger partial charge in [-0.1, -0.05) is 0 Å². The molecule has 1 aliphatic rings. The summed E-state index contributed by atoms with van der Waals surface area (Å²) in [5.74, 6) is -0.0992. The summed E-state index contributed by atoms with van der Waals surface area (Å²) < 4.78 is 0. The molecule has 0 radical (unpaired) electrons. The van der Waals surface area contributed by atoms with Gasteiger partial charge in [-0.15, -0.1) is 0 Å². The quantitative estimate of drug-likeness (QED) is 0.879. The fraction of sp³-hybridized carbons (Fsp3) is 0.467. The second kappa shape index (κ2) is 6.52. The monoisotopic (exact) mass is 275 g/mol. The van der Waals surface area contributed by atoms with Gasteiger partial charge >= 0.3 is 0 Å². The number of likely N-dealkylation sites (tertiary alicyclic amines) is 1. The Hall–Kier alpha value is -1.88. The lowest BCUT2D eigenvalue weighted by molar-refractivity contribution is -0.114. The van der Waals surface area contributed by atoms with Crippen LogP contribution >= 0.6 is 0 Å². The molecule has 0 aromatic heterocycles. The van der Waals surface area contributed by atoms with E-state index in [0.29, 0.717) is 17.8 Å². The molecule has 1 unspecified atom stereocenters. The molecule has 0 bridgehead atoms. The number of piperidine rings is 1. The molecular formula is C15H21N3O2. The highest BCUT2D eigenvalue weighted by Crippen LogP contribution is 2.20. The molecule has 1 aliphatic heterocycles. The first-order valence-corrected chi connectivity index (χ1v) is 7.00. The van der Waals surface area contributed by atoms with Crippen LogP contribution in [0.4, 0.5) is 5.69 Å². The maximum Gasteiger partial charge on any atom is 0.254 e. The van der Waals surface area contributed by atoms with Crippen molar-refractivity contribution in [2.24, 2.45) is 5.73 Å². The van der Waals surface area contributed by atoms with Crippen LogP contribution in [0, 0.1) is 0 Å². The number of hydrogen-bond acceptors (Lipinski definition) is 3. The smallest absolute Gasteiger partial charge is 0.254 e. The average Bonchev–Trinajstić information content (AvgIpc) is 2.46. The molecule has 3 N–H and O–H groups in total. The molecule has 2 rings (SSSR count). The second-order valence-electron chi connectivity index (χ2n) is 5.14. The van der Waals surface area contributed by atoms with Gasteiger partial charge in [0.1, 0.15) is 0 Å². The van der Waals surface area contributed by atoms with Crippen molar-refractivity contribution in [3.63, 3.8) is 0 Å². The molecule has 1 atom stereocenters. The van der Waals surface area contributed by atoms with E-state index < -0.39 is 0 Å². The van der Waals surface area contributed by atoms with Crippen molar-refractivity contribution in [2.75, 3.05) is 18.4 Å². The molecule has 1 aromatic carbocycles. The van der Waals surface area contributed by atoms with Crippen LogP contribution in [-0.2, 0) is 4.79 Å². The average molecular weight is 275 g/mol. The van der Waals surface area contributed by atoms with Crippen LogP contribution in [0.1, 0.15) is 36.5 Å². The maximum atomic E-state index is 12.5. The minimum atomic E-state index is -0.122. The number of carbonyl (C=O) groups excluding carboxylic acids is 2. The number of benzene rings is 1. The number of anilines is 1. The highest BCUT2D eigenvalue weighted by molar-refractivity contribution is 5.95. The molecule has 1 aromatic rings. The van der Waals surface area contributed by atoms with E-state index in [1.807, 2.05) is 4.90 Å². The number of rotatable bonds is 3.